The number of benzene rings is 1. The first kappa shape index (κ1) is 14.9. The van der Waals surface area contributed by atoms with Crippen molar-refractivity contribution >= 4 is 23.0 Å². The summed E-state index contributed by atoms with van der Waals surface area (Å²) < 4.78 is 10.6. The maximum Gasteiger partial charge on any atom is 0.271 e. The highest BCUT2D eigenvalue weighted by atomic mass is 16.7. The molecular formula is C17H12N4O4. The normalized spacial score (nSPS) is 12.6. The molecule has 0 unspecified atom stereocenters. The number of hydrazone groups is 1. The highest BCUT2D eigenvalue weighted by molar-refractivity contribution is 5.95. The molecule has 1 amide bonds. The lowest BCUT2D eigenvalue weighted by Crippen LogP contribution is -2.19. The molecule has 0 atom stereocenters. The van der Waals surface area contributed by atoms with Crippen molar-refractivity contribution in [3.05, 3.63) is 64.2 Å². The van der Waals surface area contributed by atoms with Crippen LogP contribution in [0.5, 0.6) is 11.5 Å². The van der Waals surface area contributed by atoms with Crippen LogP contribution in [-0.4, -0.2) is 28.9 Å². The molecule has 1 aliphatic rings. The Labute approximate surface area is 141 Å². The smallest absolute Gasteiger partial charge is 0.271 e. The summed E-state index contributed by atoms with van der Waals surface area (Å²) in [5.41, 5.74) is 3.41. The van der Waals surface area contributed by atoms with E-state index in [1.54, 1.807) is 30.3 Å². The van der Waals surface area contributed by atoms with Gasteiger partial charge in [0.15, 0.2) is 11.5 Å². The number of fused-ring (bicyclic) bond motifs is 2. The lowest BCUT2D eigenvalue weighted by molar-refractivity contribution is 0.0955. The number of hydrogen-bond acceptors (Lipinski definition) is 6. The molecule has 0 radical (unpaired) electrons. The van der Waals surface area contributed by atoms with Crippen molar-refractivity contribution in [3.8, 4) is 11.5 Å². The Morgan fingerprint density at radius 1 is 1.20 bits per heavy atom. The molecule has 8 heteroatoms. The first-order valence-electron chi connectivity index (χ1n) is 7.41. The summed E-state index contributed by atoms with van der Waals surface area (Å²) in [5, 5.41) is 4.61. The van der Waals surface area contributed by atoms with Crippen LogP contribution in [0.2, 0.25) is 0 Å². The largest absolute Gasteiger partial charge is 0.454 e. The maximum atomic E-state index is 12.1. The number of carbonyl (C=O) groups excluding carboxylic acids is 1. The van der Waals surface area contributed by atoms with E-state index in [9.17, 15) is 9.59 Å². The van der Waals surface area contributed by atoms with Gasteiger partial charge in [0, 0.05) is 29.4 Å². The third-order valence-corrected chi connectivity index (χ3v) is 3.68. The summed E-state index contributed by atoms with van der Waals surface area (Å²) in [6.45, 7) is 0.158. The minimum absolute atomic E-state index is 0.158. The van der Waals surface area contributed by atoms with Crippen LogP contribution in [0.15, 0.2) is 52.6 Å². The SMILES string of the molecule is O=C(N/N=C/c1cc2cc3c(cc2[nH]c1=O)OCO3)c1ccncc1. The van der Waals surface area contributed by atoms with Crippen molar-refractivity contribution in [2.75, 3.05) is 6.79 Å². The monoisotopic (exact) mass is 336 g/mol. The van der Waals surface area contributed by atoms with E-state index in [1.165, 1.54) is 18.6 Å². The zero-order valence-corrected chi connectivity index (χ0v) is 12.9. The van der Waals surface area contributed by atoms with E-state index < -0.39 is 0 Å². The standard InChI is InChI=1S/C17H12N4O4/c22-16-12(8-19-21-17(23)10-1-3-18-4-2-10)5-11-6-14-15(25-9-24-14)7-13(11)20-16/h1-8H,9H2,(H,20,22)(H,21,23)/b19-8+. The fourth-order valence-corrected chi connectivity index (χ4v) is 2.44. The number of amides is 1. The minimum Gasteiger partial charge on any atom is -0.454 e. The van der Waals surface area contributed by atoms with Crippen molar-refractivity contribution in [1.82, 2.24) is 15.4 Å². The Morgan fingerprint density at radius 2 is 1.96 bits per heavy atom. The molecule has 3 heterocycles. The molecule has 8 nitrogen and oxygen atoms in total. The average molecular weight is 336 g/mol. The summed E-state index contributed by atoms with van der Waals surface area (Å²) in [4.78, 5) is 30.6. The van der Waals surface area contributed by atoms with Gasteiger partial charge in [0.2, 0.25) is 6.79 Å². The summed E-state index contributed by atoms with van der Waals surface area (Å²) in [7, 11) is 0. The molecular weight excluding hydrogens is 324 g/mol. The molecule has 4 rings (SSSR count). The quantitative estimate of drug-likeness (QED) is 0.556. The molecule has 0 saturated carbocycles. The summed E-state index contributed by atoms with van der Waals surface area (Å²) in [6, 6.07) is 8.29. The fraction of sp³-hybridized carbons (Fsp3) is 0.0588. The molecule has 2 N–H and O–H groups in total. The Hall–Kier alpha value is -3.68. The molecule has 3 aromatic rings. The molecule has 2 aromatic heterocycles. The number of nitrogens with zero attached hydrogens (tertiary/aromatic N) is 2. The van der Waals surface area contributed by atoms with Crippen LogP contribution in [0.1, 0.15) is 15.9 Å². The molecule has 124 valence electrons. The van der Waals surface area contributed by atoms with E-state index in [2.05, 4.69) is 20.5 Å². The molecule has 0 saturated heterocycles. The van der Waals surface area contributed by atoms with Crippen molar-refractivity contribution in [1.29, 1.82) is 0 Å². The molecule has 0 fully saturated rings. The maximum absolute atomic E-state index is 12.1. The Kier molecular flexibility index (Phi) is 3.62. The summed E-state index contributed by atoms with van der Waals surface area (Å²) in [5.74, 6) is 0.821. The summed E-state index contributed by atoms with van der Waals surface area (Å²) in [6.07, 6.45) is 4.32. The van der Waals surface area contributed by atoms with E-state index in [4.69, 9.17) is 9.47 Å². The van der Waals surface area contributed by atoms with Crippen LogP contribution in [-0.2, 0) is 0 Å². The molecule has 0 aliphatic carbocycles. The molecule has 0 spiro atoms. The number of aromatic nitrogens is 2. The number of carbonyl (C=O) groups is 1. The number of aromatic amines is 1. The third-order valence-electron chi connectivity index (χ3n) is 3.68. The van der Waals surface area contributed by atoms with Gasteiger partial charge in [-0.25, -0.2) is 5.43 Å². The molecule has 1 aromatic carbocycles. The van der Waals surface area contributed by atoms with Crippen molar-refractivity contribution in [3.63, 3.8) is 0 Å². The number of pyridine rings is 2. The zero-order valence-electron chi connectivity index (χ0n) is 12.9. The van der Waals surface area contributed by atoms with E-state index in [-0.39, 0.29) is 18.3 Å². The topological polar surface area (TPSA) is 106 Å². The van der Waals surface area contributed by atoms with E-state index in [0.29, 0.717) is 28.1 Å². The second-order valence-electron chi connectivity index (χ2n) is 5.28. The van der Waals surface area contributed by atoms with E-state index in [1.807, 2.05) is 0 Å². The number of H-pyrrole nitrogens is 1. The predicted molar refractivity (Wildman–Crippen MR) is 90.0 cm³/mol. The lowest BCUT2D eigenvalue weighted by atomic mass is 10.1. The second kappa shape index (κ2) is 6.08. The highest BCUT2D eigenvalue weighted by Crippen LogP contribution is 2.35. The Balaban J connectivity index is 1.59. The molecule has 1 aliphatic heterocycles. The van der Waals surface area contributed by atoms with Gasteiger partial charge in [-0.2, -0.15) is 5.10 Å². The van der Waals surface area contributed by atoms with Crippen LogP contribution in [0.25, 0.3) is 10.9 Å². The number of hydrogen-bond donors (Lipinski definition) is 2. The van der Waals surface area contributed by atoms with Gasteiger partial charge in [-0.15, -0.1) is 0 Å². The number of ether oxygens (including phenoxy) is 2. The Morgan fingerprint density at radius 3 is 2.76 bits per heavy atom. The molecule has 0 bridgehead atoms. The lowest BCUT2D eigenvalue weighted by Gasteiger charge is -2.02. The Bertz CT molecular complexity index is 1040. The van der Waals surface area contributed by atoms with Crippen LogP contribution in [0.3, 0.4) is 0 Å². The zero-order chi connectivity index (χ0) is 17.2. The van der Waals surface area contributed by atoms with Gasteiger partial charge in [-0.05, 0) is 24.3 Å². The van der Waals surface area contributed by atoms with Crippen LogP contribution >= 0.6 is 0 Å². The highest BCUT2D eigenvalue weighted by Gasteiger charge is 2.15. The number of rotatable bonds is 3. The van der Waals surface area contributed by atoms with Gasteiger partial charge >= 0.3 is 0 Å². The van der Waals surface area contributed by atoms with Crippen molar-refractivity contribution in [2.45, 2.75) is 0 Å². The first-order valence-corrected chi connectivity index (χ1v) is 7.41. The van der Waals surface area contributed by atoms with Crippen LogP contribution < -0.4 is 20.5 Å². The van der Waals surface area contributed by atoms with Gasteiger partial charge in [0.1, 0.15) is 0 Å². The van der Waals surface area contributed by atoms with Gasteiger partial charge in [-0.3, -0.25) is 14.6 Å². The van der Waals surface area contributed by atoms with Crippen molar-refractivity contribution in [2.24, 2.45) is 5.10 Å². The van der Waals surface area contributed by atoms with Gasteiger partial charge in [0.25, 0.3) is 11.5 Å². The fourth-order valence-electron chi connectivity index (χ4n) is 2.44. The van der Waals surface area contributed by atoms with Crippen molar-refractivity contribution < 1.29 is 14.3 Å². The van der Waals surface area contributed by atoms with Crippen LogP contribution in [0.4, 0.5) is 0 Å². The van der Waals surface area contributed by atoms with Gasteiger partial charge in [0.05, 0.1) is 17.3 Å². The first-order chi connectivity index (χ1) is 12.2. The van der Waals surface area contributed by atoms with Gasteiger partial charge in [-0.1, -0.05) is 0 Å². The third kappa shape index (κ3) is 2.92. The second-order valence-corrected chi connectivity index (χ2v) is 5.28. The van der Waals surface area contributed by atoms with E-state index >= 15 is 0 Å². The number of nitrogens with one attached hydrogen (secondary N) is 2. The predicted octanol–water partition coefficient (Wildman–Crippen LogP) is 1.42. The van der Waals surface area contributed by atoms with E-state index in [0.717, 1.165) is 5.39 Å². The average Bonchev–Trinajstić information content (AvgIpc) is 3.08. The summed E-state index contributed by atoms with van der Waals surface area (Å²) >= 11 is 0. The van der Waals surface area contributed by atoms with Crippen LogP contribution in [0, 0.1) is 0 Å². The minimum atomic E-state index is -0.390. The van der Waals surface area contributed by atoms with Gasteiger partial charge < -0.3 is 14.5 Å². The molecule has 25 heavy (non-hydrogen) atoms.